The molecule has 1 aliphatic rings. The number of piperazine rings is 1. The molecule has 0 spiro atoms. The maximum Gasteiger partial charge on any atom is 0.258 e. The van der Waals surface area contributed by atoms with Crippen LogP contribution in [0.5, 0.6) is 17.2 Å². The van der Waals surface area contributed by atoms with E-state index in [9.17, 15) is 4.79 Å². The maximum atomic E-state index is 12.5. The standard InChI is InChI=1S/C29H43N5O4/c1-4-5-6-7-8-9-10-11-21-38-28-25(36-2)22-24(23-26(28)37-3)13-14-27(35)32-34-19-17-33(18-20-34)29-30-15-12-16-31-29/h12-16,22-23H,4-11,17-21H2,1-3H3,(H,32,35)/b14-13+. The monoisotopic (exact) mass is 525 g/mol. The van der Waals surface area contributed by atoms with Crippen LogP contribution in [0.4, 0.5) is 5.95 Å². The first-order valence-electron chi connectivity index (χ1n) is 13.8. The van der Waals surface area contributed by atoms with Crippen molar-refractivity contribution in [2.45, 2.75) is 58.3 Å². The summed E-state index contributed by atoms with van der Waals surface area (Å²) in [5.74, 6) is 2.29. The molecule has 208 valence electrons. The van der Waals surface area contributed by atoms with Crippen LogP contribution in [0, 0.1) is 0 Å². The molecule has 9 heteroatoms. The molecule has 1 aromatic carbocycles. The average molecular weight is 526 g/mol. The lowest BCUT2D eigenvalue weighted by molar-refractivity contribution is -0.121. The van der Waals surface area contributed by atoms with Crippen molar-refractivity contribution in [2.75, 3.05) is 51.9 Å². The minimum atomic E-state index is -0.192. The van der Waals surface area contributed by atoms with Crippen molar-refractivity contribution in [2.24, 2.45) is 0 Å². The Kier molecular flexibility index (Phi) is 12.7. The normalized spacial score (nSPS) is 14.0. The van der Waals surface area contributed by atoms with Gasteiger partial charge in [-0.15, -0.1) is 0 Å². The highest BCUT2D eigenvalue weighted by Crippen LogP contribution is 2.39. The van der Waals surface area contributed by atoms with E-state index in [1.807, 2.05) is 17.1 Å². The van der Waals surface area contributed by atoms with Gasteiger partial charge in [-0.1, -0.05) is 51.9 Å². The fraction of sp³-hybridized carbons (Fsp3) is 0.552. The van der Waals surface area contributed by atoms with Crippen LogP contribution in [0.25, 0.3) is 6.08 Å². The van der Waals surface area contributed by atoms with Crippen LogP contribution < -0.4 is 24.5 Å². The summed E-state index contributed by atoms with van der Waals surface area (Å²) in [6, 6.07) is 5.51. The molecule has 0 radical (unpaired) electrons. The number of hydrogen-bond acceptors (Lipinski definition) is 8. The van der Waals surface area contributed by atoms with Crippen LogP contribution in [0.3, 0.4) is 0 Å². The Bertz CT molecular complexity index is 969. The quantitative estimate of drug-likeness (QED) is 0.245. The number of anilines is 1. The summed E-state index contributed by atoms with van der Waals surface area (Å²) >= 11 is 0. The molecule has 0 aliphatic carbocycles. The van der Waals surface area contributed by atoms with E-state index in [1.54, 1.807) is 38.8 Å². The minimum absolute atomic E-state index is 0.192. The number of hydrazine groups is 1. The fourth-order valence-electron chi connectivity index (χ4n) is 4.39. The summed E-state index contributed by atoms with van der Waals surface area (Å²) in [5.41, 5.74) is 3.73. The topological polar surface area (TPSA) is 89.1 Å². The third-order valence-corrected chi connectivity index (χ3v) is 6.54. The number of amides is 1. The van der Waals surface area contributed by atoms with Crippen molar-refractivity contribution in [3.8, 4) is 17.2 Å². The van der Waals surface area contributed by atoms with Crippen molar-refractivity contribution < 1.29 is 19.0 Å². The first-order chi connectivity index (χ1) is 18.6. The lowest BCUT2D eigenvalue weighted by Crippen LogP contribution is -2.53. The number of rotatable bonds is 16. The zero-order valence-corrected chi connectivity index (χ0v) is 23.2. The van der Waals surface area contributed by atoms with E-state index in [-0.39, 0.29) is 5.91 Å². The van der Waals surface area contributed by atoms with Crippen molar-refractivity contribution in [1.29, 1.82) is 0 Å². The van der Waals surface area contributed by atoms with Gasteiger partial charge in [-0.2, -0.15) is 0 Å². The van der Waals surface area contributed by atoms with Crippen LogP contribution in [0.1, 0.15) is 63.9 Å². The highest BCUT2D eigenvalue weighted by Gasteiger charge is 2.19. The molecule has 1 saturated heterocycles. The molecule has 9 nitrogen and oxygen atoms in total. The second-order valence-corrected chi connectivity index (χ2v) is 9.41. The van der Waals surface area contributed by atoms with Crippen LogP contribution in [-0.2, 0) is 4.79 Å². The lowest BCUT2D eigenvalue weighted by atomic mass is 10.1. The number of methoxy groups -OCH3 is 2. The molecule has 38 heavy (non-hydrogen) atoms. The number of ether oxygens (including phenoxy) is 3. The number of unbranched alkanes of at least 4 members (excludes halogenated alkanes) is 7. The van der Waals surface area contributed by atoms with Gasteiger partial charge in [0.1, 0.15) is 0 Å². The second kappa shape index (κ2) is 16.5. The summed E-state index contributed by atoms with van der Waals surface area (Å²) in [5, 5.41) is 1.91. The van der Waals surface area contributed by atoms with Crippen molar-refractivity contribution in [1.82, 2.24) is 20.4 Å². The Morgan fingerprint density at radius 2 is 1.53 bits per heavy atom. The Morgan fingerprint density at radius 1 is 0.921 bits per heavy atom. The minimum Gasteiger partial charge on any atom is -0.493 e. The molecule has 1 fully saturated rings. The summed E-state index contributed by atoms with van der Waals surface area (Å²) < 4.78 is 17.2. The van der Waals surface area contributed by atoms with Gasteiger partial charge in [0.2, 0.25) is 11.7 Å². The molecule has 1 aliphatic heterocycles. The van der Waals surface area contributed by atoms with E-state index in [0.717, 1.165) is 31.5 Å². The second-order valence-electron chi connectivity index (χ2n) is 9.41. The number of hydrogen-bond donors (Lipinski definition) is 1. The molecule has 2 heterocycles. The summed E-state index contributed by atoms with van der Waals surface area (Å²) in [6.07, 6.45) is 16.7. The molecule has 1 amide bonds. The highest BCUT2D eigenvalue weighted by molar-refractivity contribution is 5.91. The van der Waals surface area contributed by atoms with E-state index in [2.05, 4.69) is 27.2 Å². The van der Waals surface area contributed by atoms with E-state index in [0.29, 0.717) is 42.9 Å². The largest absolute Gasteiger partial charge is 0.493 e. The molecule has 2 aromatic rings. The van der Waals surface area contributed by atoms with E-state index >= 15 is 0 Å². The third-order valence-electron chi connectivity index (χ3n) is 6.54. The molecular formula is C29H43N5O4. The molecule has 1 aromatic heterocycles. The smallest absolute Gasteiger partial charge is 0.258 e. The van der Waals surface area contributed by atoms with Crippen molar-refractivity contribution >= 4 is 17.9 Å². The fourth-order valence-corrected chi connectivity index (χ4v) is 4.39. The summed E-state index contributed by atoms with van der Waals surface area (Å²) in [6.45, 7) is 5.70. The van der Waals surface area contributed by atoms with Gasteiger partial charge in [0.15, 0.2) is 11.5 Å². The SMILES string of the molecule is CCCCCCCCCCOc1c(OC)cc(/C=C/C(=O)NN2CCN(c3ncccn3)CC2)cc1OC. The molecule has 1 N–H and O–H groups in total. The third kappa shape index (κ3) is 9.52. The van der Waals surface area contributed by atoms with Crippen LogP contribution in [-0.4, -0.2) is 67.9 Å². The Morgan fingerprint density at radius 3 is 2.13 bits per heavy atom. The van der Waals surface area contributed by atoms with E-state index in [1.165, 1.54) is 44.6 Å². The van der Waals surface area contributed by atoms with Gasteiger partial charge in [0.05, 0.1) is 20.8 Å². The number of aromatic nitrogens is 2. The molecule has 0 unspecified atom stereocenters. The Balaban J connectivity index is 1.46. The van der Waals surface area contributed by atoms with Gasteiger partial charge in [0, 0.05) is 44.6 Å². The number of carbonyl (C=O) groups is 1. The summed E-state index contributed by atoms with van der Waals surface area (Å²) in [4.78, 5) is 23.2. The van der Waals surface area contributed by atoms with Gasteiger partial charge < -0.3 is 19.1 Å². The van der Waals surface area contributed by atoms with Gasteiger partial charge >= 0.3 is 0 Å². The van der Waals surface area contributed by atoms with Crippen LogP contribution in [0.2, 0.25) is 0 Å². The summed E-state index contributed by atoms with van der Waals surface area (Å²) in [7, 11) is 3.22. The first-order valence-corrected chi connectivity index (χ1v) is 13.8. The molecule has 3 rings (SSSR count). The van der Waals surface area contributed by atoms with E-state index in [4.69, 9.17) is 14.2 Å². The van der Waals surface area contributed by atoms with Crippen molar-refractivity contribution in [3.63, 3.8) is 0 Å². The van der Waals surface area contributed by atoms with E-state index < -0.39 is 0 Å². The first kappa shape index (κ1) is 29.2. The molecule has 0 bridgehead atoms. The predicted molar refractivity (Wildman–Crippen MR) is 151 cm³/mol. The predicted octanol–water partition coefficient (Wildman–Crippen LogP) is 4.88. The molecule has 0 atom stereocenters. The highest BCUT2D eigenvalue weighted by atomic mass is 16.5. The number of nitrogens with one attached hydrogen (secondary N) is 1. The molecular weight excluding hydrogens is 482 g/mol. The van der Waals surface area contributed by atoms with Crippen LogP contribution >= 0.6 is 0 Å². The maximum absolute atomic E-state index is 12.5. The van der Waals surface area contributed by atoms with Crippen molar-refractivity contribution in [3.05, 3.63) is 42.2 Å². The van der Waals surface area contributed by atoms with Gasteiger partial charge in [0.25, 0.3) is 5.91 Å². The zero-order valence-electron chi connectivity index (χ0n) is 23.2. The number of nitrogens with zero attached hydrogens (tertiary/aromatic N) is 4. The van der Waals surface area contributed by atoms with Gasteiger partial charge in [-0.3, -0.25) is 10.2 Å². The number of carbonyl (C=O) groups excluding carboxylic acids is 1. The zero-order chi connectivity index (χ0) is 27.0. The number of benzene rings is 1. The van der Waals surface area contributed by atoms with Gasteiger partial charge in [-0.05, 0) is 36.3 Å². The Hall–Kier alpha value is -3.33. The van der Waals surface area contributed by atoms with Crippen LogP contribution in [0.15, 0.2) is 36.7 Å². The van der Waals surface area contributed by atoms with Gasteiger partial charge in [-0.25, -0.2) is 15.0 Å². The molecule has 0 saturated carbocycles. The lowest BCUT2D eigenvalue weighted by Gasteiger charge is -2.34. The Labute approximate surface area is 227 Å². The average Bonchev–Trinajstić information content (AvgIpc) is 2.96.